The van der Waals surface area contributed by atoms with Crippen molar-refractivity contribution >= 4 is 35.0 Å². The Morgan fingerprint density at radius 3 is 2.18 bits per heavy atom. The first-order chi connectivity index (χ1) is 16.7. The molecule has 1 aliphatic heterocycles. The van der Waals surface area contributed by atoms with Crippen LogP contribution < -0.4 is 4.90 Å². The summed E-state index contributed by atoms with van der Waals surface area (Å²) in [4.78, 5) is 17.2. The fraction of sp³-hybridized carbons (Fsp3) is 0.192. The Morgan fingerprint density at radius 2 is 1.47 bits per heavy atom. The number of carbonyl (C=O) groups excluding carboxylic acids is 1. The van der Waals surface area contributed by atoms with Crippen LogP contribution in [0.3, 0.4) is 0 Å². The number of aromatic nitrogens is 3. The van der Waals surface area contributed by atoms with Gasteiger partial charge in [0.15, 0.2) is 11.0 Å². The highest BCUT2D eigenvalue weighted by Gasteiger charge is 2.24. The van der Waals surface area contributed by atoms with E-state index in [1.54, 1.807) is 0 Å². The Morgan fingerprint density at radius 1 is 0.824 bits per heavy atom. The topological polar surface area (TPSA) is 54.3 Å². The quantitative estimate of drug-likeness (QED) is 0.356. The van der Waals surface area contributed by atoms with Gasteiger partial charge in [-0.05, 0) is 24.3 Å². The Labute approximate surface area is 208 Å². The molecule has 8 heteroatoms. The molecule has 5 rings (SSSR count). The van der Waals surface area contributed by atoms with E-state index >= 15 is 0 Å². The molecule has 1 amide bonds. The number of para-hydroxylation sites is 2. The summed E-state index contributed by atoms with van der Waals surface area (Å²) in [6, 6.07) is 27.8. The van der Waals surface area contributed by atoms with Gasteiger partial charge in [0.2, 0.25) is 5.91 Å². The minimum absolute atomic E-state index is 0.104. The van der Waals surface area contributed by atoms with Crippen LogP contribution in [0.4, 0.5) is 5.69 Å². The summed E-state index contributed by atoms with van der Waals surface area (Å²) in [5.74, 6) is 1.18. The van der Waals surface area contributed by atoms with Crippen molar-refractivity contribution in [2.24, 2.45) is 0 Å². The second-order valence-electron chi connectivity index (χ2n) is 7.95. The maximum atomic E-state index is 13.0. The molecule has 172 valence electrons. The average molecular weight is 490 g/mol. The van der Waals surface area contributed by atoms with Gasteiger partial charge < -0.3 is 9.80 Å². The lowest BCUT2D eigenvalue weighted by Gasteiger charge is -2.36. The summed E-state index contributed by atoms with van der Waals surface area (Å²) in [5, 5.41) is 10.3. The highest BCUT2D eigenvalue weighted by Crippen LogP contribution is 2.29. The van der Waals surface area contributed by atoms with E-state index in [1.807, 2.05) is 94.4 Å². The van der Waals surface area contributed by atoms with Crippen LogP contribution in [-0.2, 0) is 4.79 Å². The normalized spacial score (nSPS) is 13.8. The number of piperazine rings is 1. The third-order valence-electron chi connectivity index (χ3n) is 5.83. The van der Waals surface area contributed by atoms with Crippen LogP contribution in [0.15, 0.2) is 90.1 Å². The number of nitrogens with zero attached hydrogens (tertiary/aromatic N) is 5. The molecule has 0 unspecified atom stereocenters. The van der Waals surface area contributed by atoms with Gasteiger partial charge in [-0.1, -0.05) is 84.0 Å². The van der Waals surface area contributed by atoms with Crippen molar-refractivity contribution in [3.8, 4) is 17.1 Å². The van der Waals surface area contributed by atoms with Crippen molar-refractivity contribution in [2.75, 3.05) is 36.8 Å². The zero-order valence-corrected chi connectivity index (χ0v) is 20.1. The summed E-state index contributed by atoms with van der Waals surface area (Å²) >= 11 is 7.77. The number of rotatable bonds is 6. The fourth-order valence-electron chi connectivity index (χ4n) is 4.07. The van der Waals surface area contributed by atoms with Gasteiger partial charge in [0, 0.05) is 37.4 Å². The maximum Gasteiger partial charge on any atom is 0.233 e. The van der Waals surface area contributed by atoms with Gasteiger partial charge >= 0.3 is 0 Å². The number of anilines is 1. The van der Waals surface area contributed by atoms with Gasteiger partial charge in [-0.15, -0.1) is 10.2 Å². The predicted octanol–water partition coefficient (Wildman–Crippen LogP) is 5.03. The van der Waals surface area contributed by atoms with Crippen LogP contribution in [0.1, 0.15) is 0 Å². The highest BCUT2D eigenvalue weighted by molar-refractivity contribution is 7.99. The molecule has 2 heterocycles. The molecule has 0 N–H and O–H groups in total. The van der Waals surface area contributed by atoms with Crippen LogP contribution in [0.2, 0.25) is 5.02 Å². The fourth-order valence-corrected chi connectivity index (χ4v) is 5.18. The van der Waals surface area contributed by atoms with Gasteiger partial charge in [0.05, 0.1) is 16.5 Å². The molecule has 1 fully saturated rings. The van der Waals surface area contributed by atoms with Crippen molar-refractivity contribution in [2.45, 2.75) is 5.16 Å². The summed E-state index contributed by atoms with van der Waals surface area (Å²) in [6.07, 6.45) is 0. The zero-order chi connectivity index (χ0) is 23.3. The Kier molecular flexibility index (Phi) is 6.83. The van der Waals surface area contributed by atoms with Crippen LogP contribution in [0.5, 0.6) is 0 Å². The number of thioether (sulfide) groups is 1. The maximum absolute atomic E-state index is 13.0. The summed E-state index contributed by atoms with van der Waals surface area (Å²) < 4.78 is 2.02. The minimum atomic E-state index is 0.104. The van der Waals surface area contributed by atoms with E-state index in [0.717, 1.165) is 40.9 Å². The third kappa shape index (κ3) is 4.81. The number of halogens is 1. The molecule has 0 radical (unpaired) electrons. The summed E-state index contributed by atoms with van der Waals surface area (Å²) in [7, 11) is 0. The minimum Gasteiger partial charge on any atom is -0.367 e. The lowest BCUT2D eigenvalue weighted by molar-refractivity contribution is -0.128. The number of carbonyl (C=O) groups is 1. The molecule has 0 bridgehead atoms. The van der Waals surface area contributed by atoms with Crippen molar-refractivity contribution in [3.63, 3.8) is 0 Å². The first kappa shape index (κ1) is 22.5. The first-order valence-electron chi connectivity index (χ1n) is 11.2. The van der Waals surface area contributed by atoms with Gasteiger partial charge in [-0.25, -0.2) is 0 Å². The van der Waals surface area contributed by atoms with Gasteiger partial charge in [0.1, 0.15) is 0 Å². The number of hydrogen-bond donors (Lipinski definition) is 0. The molecule has 0 saturated carbocycles. The second-order valence-corrected chi connectivity index (χ2v) is 9.30. The largest absolute Gasteiger partial charge is 0.367 e. The Hall–Kier alpha value is -3.29. The molecule has 4 aromatic rings. The molecule has 0 spiro atoms. The molecule has 6 nitrogen and oxygen atoms in total. The van der Waals surface area contributed by atoms with Crippen LogP contribution in [0, 0.1) is 0 Å². The second kappa shape index (κ2) is 10.3. The summed E-state index contributed by atoms with van der Waals surface area (Å²) in [5.41, 5.74) is 2.97. The van der Waals surface area contributed by atoms with E-state index in [2.05, 4.69) is 15.1 Å². The van der Waals surface area contributed by atoms with Crippen molar-refractivity contribution in [1.82, 2.24) is 19.7 Å². The molecule has 3 aromatic carbocycles. The third-order valence-corrected chi connectivity index (χ3v) is 7.06. The van der Waals surface area contributed by atoms with E-state index in [0.29, 0.717) is 24.0 Å². The van der Waals surface area contributed by atoms with Crippen molar-refractivity contribution in [1.29, 1.82) is 0 Å². The van der Waals surface area contributed by atoms with Gasteiger partial charge in [0.25, 0.3) is 0 Å². The Balaban J connectivity index is 1.28. The molecular formula is C26H24ClN5OS. The van der Waals surface area contributed by atoms with E-state index in [4.69, 9.17) is 11.6 Å². The molecule has 0 atom stereocenters. The van der Waals surface area contributed by atoms with Crippen LogP contribution >= 0.6 is 23.4 Å². The standard InChI is InChI=1S/C26H24ClN5OS/c27-22-13-7-8-14-23(22)30-15-17-31(18-16-30)24(33)19-34-26-29-28-25(20-9-3-1-4-10-20)32(26)21-11-5-2-6-12-21/h1-14H,15-19H2. The molecule has 1 saturated heterocycles. The lowest BCUT2D eigenvalue weighted by Crippen LogP contribution is -2.49. The van der Waals surface area contributed by atoms with Crippen LogP contribution in [0.25, 0.3) is 17.1 Å². The smallest absolute Gasteiger partial charge is 0.233 e. The van der Waals surface area contributed by atoms with Gasteiger partial charge in [-0.2, -0.15) is 0 Å². The van der Waals surface area contributed by atoms with Crippen molar-refractivity contribution < 1.29 is 4.79 Å². The molecule has 0 aliphatic carbocycles. The van der Waals surface area contributed by atoms with Gasteiger partial charge in [-0.3, -0.25) is 9.36 Å². The molecular weight excluding hydrogens is 466 g/mol. The van der Waals surface area contributed by atoms with E-state index in [-0.39, 0.29) is 5.91 Å². The molecule has 1 aliphatic rings. The number of amides is 1. The van der Waals surface area contributed by atoms with E-state index in [9.17, 15) is 4.79 Å². The van der Waals surface area contributed by atoms with E-state index in [1.165, 1.54) is 11.8 Å². The average Bonchev–Trinajstić information content (AvgIpc) is 3.33. The lowest BCUT2D eigenvalue weighted by atomic mass is 10.2. The van der Waals surface area contributed by atoms with Crippen LogP contribution in [-0.4, -0.2) is 57.5 Å². The van der Waals surface area contributed by atoms with Crippen molar-refractivity contribution in [3.05, 3.63) is 90.0 Å². The Bertz CT molecular complexity index is 1260. The molecule has 1 aromatic heterocycles. The monoisotopic (exact) mass is 489 g/mol. The first-order valence-corrected chi connectivity index (χ1v) is 12.5. The highest BCUT2D eigenvalue weighted by atomic mass is 35.5. The predicted molar refractivity (Wildman–Crippen MR) is 138 cm³/mol. The SMILES string of the molecule is O=C(CSc1nnc(-c2ccccc2)n1-c1ccccc1)N1CCN(c2ccccc2Cl)CC1. The number of hydrogen-bond acceptors (Lipinski definition) is 5. The number of benzene rings is 3. The zero-order valence-electron chi connectivity index (χ0n) is 18.5. The molecule has 34 heavy (non-hydrogen) atoms. The summed E-state index contributed by atoms with van der Waals surface area (Å²) in [6.45, 7) is 2.87. The van der Waals surface area contributed by atoms with E-state index < -0.39 is 0 Å².